The molecule has 15 heavy (non-hydrogen) atoms. The number of rotatable bonds is 4. The Morgan fingerprint density at radius 2 is 2.20 bits per heavy atom. The van der Waals surface area contributed by atoms with Gasteiger partial charge in [-0.05, 0) is 33.3 Å². The molecule has 1 atom stereocenters. The number of hydrogen-bond donors (Lipinski definition) is 0. The first-order valence-electron chi connectivity index (χ1n) is 5.01. The molecule has 1 unspecified atom stereocenters. The third kappa shape index (κ3) is 3.05. The number of carbonyl (C=O) groups excluding carboxylic acids is 2. The van der Waals surface area contributed by atoms with Gasteiger partial charge in [-0.2, -0.15) is 0 Å². The average molecular weight is 208 g/mol. The quantitative estimate of drug-likeness (QED) is 0.403. The van der Waals surface area contributed by atoms with Crippen molar-refractivity contribution < 1.29 is 14.3 Å². The van der Waals surface area contributed by atoms with Crippen LogP contribution in [0, 0.1) is 5.92 Å². The summed E-state index contributed by atoms with van der Waals surface area (Å²) in [6.45, 7) is 6.70. The maximum absolute atomic E-state index is 11.0. The summed E-state index contributed by atoms with van der Waals surface area (Å²) in [6.07, 6.45) is 2.93. The number of ether oxygens (including phenoxy) is 1. The van der Waals surface area contributed by atoms with Crippen LogP contribution in [0.15, 0.2) is 23.0 Å². The molecule has 0 bridgehead atoms. The normalized spacial score (nSPS) is 19.1. The van der Waals surface area contributed by atoms with Gasteiger partial charge in [0, 0.05) is 5.92 Å². The lowest BCUT2D eigenvalue weighted by atomic mass is 9.98. The van der Waals surface area contributed by atoms with Crippen LogP contribution in [0.4, 0.5) is 0 Å². The van der Waals surface area contributed by atoms with Crippen molar-refractivity contribution >= 4 is 12.1 Å². The molecule has 0 aromatic heterocycles. The molecule has 0 radical (unpaired) electrons. The van der Waals surface area contributed by atoms with Gasteiger partial charge < -0.3 is 4.74 Å². The van der Waals surface area contributed by atoms with E-state index < -0.39 is 5.78 Å². The van der Waals surface area contributed by atoms with Crippen molar-refractivity contribution in [2.45, 2.75) is 27.2 Å². The van der Waals surface area contributed by atoms with Crippen LogP contribution < -0.4 is 0 Å². The molecule has 3 heteroatoms. The smallest absolute Gasteiger partial charge is 0.259 e. The lowest BCUT2D eigenvalue weighted by Crippen LogP contribution is -2.03. The van der Waals surface area contributed by atoms with E-state index in [1.54, 1.807) is 6.08 Å². The van der Waals surface area contributed by atoms with E-state index >= 15 is 0 Å². The maximum atomic E-state index is 11.0. The number of ketones is 1. The maximum Gasteiger partial charge on any atom is 0.259 e. The lowest BCUT2D eigenvalue weighted by Gasteiger charge is -2.07. The summed E-state index contributed by atoms with van der Waals surface area (Å²) in [5.74, 6) is -0.136. The van der Waals surface area contributed by atoms with E-state index in [9.17, 15) is 9.59 Å². The summed E-state index contributed by atoms with van der Waals surface area (Å²) in [5, 5.41) is 0. The first kappa shape index (κ1) is 11.7. The first-order chi connectivity index (χ1) is 7.04. The highest BCUT2D eigenvalue weighted by molar-refractivity contribution is 6.32. The minimum absolute atomic E-state index is 0.205. The van der Waals surface area contributed by atoms with Gasteiger partial charge in [-0.25, -0.2) is 0 Å². The summed E-state index contributed by atoms with van der Waals surface area (Å²) >= 11 is 0. The Kier molecular flexibility index (Phi) is 3.83. The van der Waals surface area contributed by atoms with E-state index in [1.807, 2.05) is 0 Å². The van der Waals surface area contributed by atoms with Crippen LogP contribution in [0.3, 0.4) is 0 Å². The molecule has 0 spiro atoms. The summed E-state index contributed by atoms with van der Waals surface area (Å²) in [7, 11) is 0. The van der Waals surface area contributed by atoms with Gasteiger partial charge in [-0.1, -0.05) is 11.1 Å². The van der Waals surface area contributed by atoms with Gasteiger partial charge in [0.15, 0.2) is 12.0 Å². The van der Waals surface area contributed by atoms with Gasteiger partial charge in [0.1, 0.15) is 0 Å². The molecule has 3 nitrogen and oxygen atoms in total. The molecule has 0 aliphatic carbocycles. The van der Waals surface area contributed by atoms with E-state index in [0.29, 0.717) is 12.9 Å². The van der Waals surface area contributed by atoms with Crippen molar-refractivity contribution in [1.29, 1.82) is 0 Å². The molecule has 0 saturated heterocycles. The van der Waals surface area contributed by atoms with Gasteiger partial charge in [0.05, 0.1) is 6.61 Å². The first-order valence-corrected chi connectivity index (χ1v) is 5.01. The number of hydrogen-bond acceptors (Lipinski definition) is 3. The summed E-state index contributed by atoms with van der Waals surface area (Å²) < 4.78 is 5.16. The van der Waals surface area contributed by atoms with Crippen molar-refractivity contribution in [3.05, 3.63) is 23.0 Å². The predicted molar refractivity (Wildman–Crippen MR) is 57.3 cm³/mol. The second-order valence-corrected chi connectivity index (χ2v) is 4.07. The Balaban J connectivity index is 2.63. The van der Waals surface area contributed by atoms with E-state index in [0.717, 1.165) is 6.42 Å². The minimum Gasteiger partial charge on any atom is -0.489 e. The zero-order valence-corrected chi connectivity index (χ0v) is 9.37. The van der Waals surface area contributed by atoms with Crippen molar-refractivity contribution in [2.24, 2.45) is 5.92 Å². The predicted octanol–water partition coefficient (Wildman–Crippen LogP) is 2.03. The van der Waals surface area contributed by atoms with Gasteiger partial charge in [0.2, 0.25) is 0 Å². The van der Waals surface area contributed by atoms with E-state index in [1.165, 1.54) is 11.1 Å². The molecule has 0 saturated carbocycles. The molecule has 1 rings (SSSR count). The third-order valence-corrected chi connectivity index (χ3v) is 2.61. The van der Waals surface area contributed by atoms with Crippen LogP contribution in [0.2, 0.25) is 0 Å². The molecule has 1 aliphatic heterocycles. The Labute approximate surface area is 89.8 Å². The highest BCUT2D eigenvalue weighted by Gasteiger charge is 2.22. The highest BCUT2D eigenvalue weighted by Crippen LogP contribution is 2.23. The average Bonchev–Trinajstić information content (AvgIpc) is 2.65. The molecule has 1 aliphatic rings. The van der Waals surface area contributed by atoms with E-state index in [4.69, 9.17) is 4.74 Å². The van der Waals surface area contributed by atoms with Gasteiger partial charge >= 0.3 is 0 Å². The molecule has 0 aromatic carbocycles. The second-order valence-electron chi connectivity index (χ2n) is 4.07. The zero-order chi connectivity index (χ0) is 11.4. The van der Waals surface area contributed by atoms with Crippen molar-refractivity contribution in [2.75, 3.05) is 6.61 Å². The van der Waals surface area contributed by atoms with Crippen molar-refractivity contribution in [1.82, 2.24) is 0 Å². The molecule has 1 heterocycles. The monoisotopic (exact) mass is 208 g/mol. The van der Waals surface area contributed by atoms with Crippen LogP contribution in [-0.4, -0.2) is 18.7 Å². The molecule has 0 amide bonds. The number of aldehydes is 1. The number of Topliss-reactive ketones (excluding diaryl/α,β-unsaturated/α-hetero) is 1. The lowest BCUT2D eigenvalue weighted by molar-refractivity contribution is -0.129. The fourth-order valence-electron chi connectivity index (χ4n) is 1.43. The van der Waals surface area contributed by atoms with Crippen LogP contribution in [0.25, 0.3) is 0 Å². The molecular formula is C12H16O3. The number of allylic oxidation sites excluding steroid dienone is 3. The fourth-order valence-corrected chi connectivity index (χ4v) is 1.43. The minimum atomic E-state index is -0.563. The van der Waals surface area contributed by atoms with Crippen LogP contribution in [-0.2, 0) is 14.3 Å². The van der Waals surface area contributed by atoms with Gasteiger partial charge in [0.25, 0.3) is 5.78 Å². The standard InChI is InChI=1S/C12H16O3/c1-8(2)9(3)4-10-5-12(15-7-10)11(14)6-13/h5-6,10H,4,7H2,1-3H3. The second kappa shape index (κ2) is 4.91. The fraction of sp³-hybridized carbons (Fsp3) is 0.500. The highest BCUT2D eigenvalue weighted by atomic mass is 16.5. The Bertz CT molecular complexity index is 333. The zero-order valence-electron chi connectivity index (χ0n) is 9.37. The van der Waals surface area contributed by atoms with Crippen LogP contribution in [0.1, 0.15) is 27.2 Å². The molecular weight excluding hydrogens is 192 g/mol. The molecule has 0 N–H and O–H groups in total. The third-order valence-electron chi connectivity index (χ3n) is 2.61. The van der Waals surface area contributed by atoms with Gasteiger partial charge in [-0.15, -0.1) is 0 Å². The SMILES string of the molecule is CC(C)=C(C)CC1C=C(C(=O)C=O)OC1. The molecule has 0 fully saturated rings. The van der Waals surface area contributed by atoms with Crippen molar-refractivity contribution in [3.63, 3.8) is 0 Å². The Hall–Kier alpha value is -1.38. The molecule has 82 valence electrons. The summed E-state index contributed by atoms with van der Waals surface area (Å²) in [5.41, 5.74) is 2.60. The van der Waals surface area contributed by atoms with Crippen molar-refractivity contribution in [3.8, 4) is 0 Å². The molecule has 0 aromatic rings. The van der Waals surface area contributed by atoms with Crippen LogP contribution in [0.5, 0.6) is 0 Å². The largest absolute Gasteiger partial charge is 0.489 e. The Morgan fingerprint density at radius 3 is 2.73 bits per heavy atom. The van der Waals surface area contributed by atoms with E-state index in [2.05, 4.69) is 20.8 Å². The van der Waals surface area contributed by atoms with Crippen LogP contribution >= 0.6 is 0 Å². The Morgan fingerprint density at radius 1 is 1.53 bits per heavy atom. The topological polar surface area (TPSA) is 43.4 Å². The van der Waals surface area contributed by atoms with Gasteiger partial charge in [-0.3, -0.25) is 9.59 Å². The summed E-state index contributed by atoms with van der Waals surface area (Å²) in [6, 6.07) is 0. The number of carbonyl (C=O) groups is 2. The summed E-state index contributed by atoms with van der Waals surface area (Å²) in [4.78, 5) is 21.3. The van der Waals surface area contributed by atoms with E-state index in [-0.39, 0.29) is 11.7 Å².